The minimum Gasteiger partial charge on any atom is -0.361 e. The molecule has 0 atom stereocenters. The molecule has 0 aliphatic heterocycles. The molecule has 1 aromatic heterocycles. The summed E-state index contributed by atoms with van der Waals surface area (Å²) >= 11 is 0. The first-order valence-electron chi connectivity index (χ1n) is 9.71. The highest BCUT2D eigenvalue weighted by Crippen LogP contribution is 2.24. The van der Waals surface area contributed by atoms with E-state index in [9.17, 15) is 9.59 Å². The summed E-state index contributed by atoms with van der Waals surface area (Å²) in [7, 11) is 0. The van der Waals surface area contributed by atoms with Gasteiger partial charge < -0.3 is 9.88 Å². The maximum absolute atomic E-state index is 13.6. The van der Waals surface area contributed by atoms with Crippen LogP contribution in [0.15, 0.2) is 65.5 Å². The van der Waals surface area contributed by atoms with Crippen LogP contribution in [0.2, 0.25) is 0 Å². The smallest absolute Gasteiger partial charge is 0.264 e. The quantitative estimate of drug-likeness (QED) is 0.682. The van der Waals surface area contributed by atoms with E-state index in [0.717, 1.165) is 28.9 Å². The Morgan fingerprint density at radius 1 is 0.964 bits per heavy atom. The molecule has 0 saturated heterocycles. The number of pyridine rings is 1. The molecule has 0 fully saturated rings. The zero-order valence-corrected chi connectivity index (χ0v) is 16.7. The first-order valence-corrected chi connectivity index (χ1v) is 9.71. The molecule has 4 heteroatoms. The van der Waals surface area contributed by atoms with Crippen LogP contribution >= 0.6 is 0 Å². The molecule has 0 aliphatic carbocycles. The van der Waals surface area contributed by atoms with Crippen molar-refractivity contribution >= 4 is 11.6 Å². The maximum Gasteiger partial charge on any atom is 0.264 e. The fourth-order valence-electron chi connectivity index (χ4n) is 3.40. The molecule has 1 heterocycles. The van der Waals surface area contributed by atoms with Crippen molar-refractivity contribution in [2.75, 3.05) is 4.90 Å². The summed E-state index contributed by atoms with van der Waals surface area (Å²) in [6.07, 6.45) is 1.32. The van der Waals surface area contributed by atoms with Crippen molar-refractivity contribution in [3.8, 4) is 0 Å². The molecule has 144 valence electrons. The minimum absolute atomic E-state index is 0.218. The van der Waals surface area contributed by atoms with Gasteiger partial charge in [0, 0.05) is 23.1 Å². The third-order valence-electron chi connectivity index (χ3n) is 4.95. The zero-order valence-electron chi connectivity index (χ0n) is 16.7. The molecule has 3 rings (SSSR count). The van der Waals surface area contributed by atoms with Gasteiger partial charge in [-0.15, -0.1) is 0 Å². The highest BCUT2D eigenvalue weighted by Gasteiger charge is 2.24. The van der Waals surface area contributed by atoms with Gasteiger partial charge in [0.1, 0.15) is 5.56 Å². The normalized spacial score (nSPS) is 10.7. The topological polar surface area (TPSA) is 53.2 Å². The Kier molecular flexibility index (Phi) is 6.09. The third kappa shape index (κ3) is 4.06. The number of aromatic amines is 1. The van der Waals surface area contributed by atoms with Crippen molar-refractivity contribution < 1.29 is 4.79 Å². The lowest BCUT2D eigenvalue weighted by Crippen LogP contribution is -2.36. The van der Waals surface area contributed by atoms with Gasteiger partial charge in [-0.1, -0.05) is 62.4 Å². The largest absolute Gasteiger partial charge is 0.361 e. The van der Waals surface area contributed by atoms with Gasteiger partial charge in [0.05, 0.1) is 6.54 Å². The van der Waals surface area contributed by atoms with Crippen molar-refractivity contribution in [1.82, 2.24) is 4.98 Å². The Morgan fingerprint density at radius 2 is 1.64 bits per heavy atom. The number of anilines is 1. The number of nitrogens with zero attached hydrogens (tertiary/aromatic N) is 1. The van der Waals surface area contributed by atoms with Gasteiger partial charge in [0.2, 0.25) is 0 Å². The predicted octanol–water partition coefficient (Wildman–Crippen LogP) is 4.66. The van der Waals surface area contributed by atoms with E-state index in [4.69, 9.17) is 0 Å². The molecule has 0 bridgehead atoms. The Bertz CT molecular complexity index is 1020. The first-order chi connectivity index (χ1) is 13.5. The van der Waals surface area contributed by atoms with Gasteiger partial charge in [0.25, 0.3) is 5.91 Å². The van der Waals surface area contributed by atoms with Crippen LogP contribution in [0.3, 0.4) is 0 Å². The van der Waals surface area contributed by atoms with Crippen LogP contribution in [0.5, 0.6) is 0 Å². The molecule has 4 nitrogen and oxygen atoms in total. The number of para-hydroxylation sites is 1. The number of amides is 1. The second kappa shape index (κ2) is 8.70. The van der Waals surface area contributed by atoms with E-state index in [0.29, 0.717) is 18.7 Å². The molecule has 0 saturated carbocycles. The van der Waals surface area contributed by atoms with Crippen LogP contribution in [0.4, 0.5) is 5.69 Å². The van der Waals surface area contributed by atoms with Crippen molar-refractivity contribution in [3.63, 3.8) is 0 Å². The summed E-state index contributed by atoms with van der Waals surface area (Å²) in [5.74, 6) is -0.265. The van der Waals surface area contributed by atoms with E-state index in [1.54, 1.807) is 11.0 Å². The number of carbonyl (C=O) groups is 1. The average Bonchev–Trinajstić information content (AvgIpc) is 2.72. The number of hydrogen-bond acceptors (Lipinski definition) is 2. The van der Waals surface area contributed by atoms with E-state index < -0.39 is 0 Å². The molecule has 1 amide bonds. The highest BCUT2D eigenvalue weighted by atomic mass is 16.2. The fourth-order valence-corrected chi connectivity index (χ4v) is 3.40. The van der Waals surface area contributed by atoms with Crippen molar-refractivity contribution in [2.45, 2.75) is 40.2 Å². The predicted molar refractivity (Wildman–Crippen MR) is 114 cm³/mol. The van der Waals surface area contributed by atoms with E-state index in [-0.39, 0.29) is 16.9 Å². The minimum atomic E-state index is -0.265. The van der Waals surface area contributed by atoms with Gasteiger partial charge in [0.15, 0.2) is 5.43 Å². The summed E-state index contributed by atoms with van der Waals surface area (Å²) in [5.41, 5.74) is 4.38. The number of H-pyrrole nitrogens is 1. The van der Waals surface area contributed by atoms with Gasteiger partial charge >= 0.3 is 0 Å². The van der Waals surface area contributed by atoms with Gasteiger partial charge in [-0.25, -0.2) is 0 Å². The Hall–Kier alpha value is -3.14. The number of rotatable bonds is 6. The summed E-state index contributed by atoms with van der Waals surface area (Å²) in [6, 6.07) is 19.2. The van der Waals surface area contributed by atoms with E-state index in [1.807, 2.05) is 75.4 Å². The van der Waals surface area contributed by atoms with E-state index >= 15 is 0 Å². The van der Waals surface area contributed by atoms with Crippen LogP contribution in [-0.2, 0) is 19.4 Å². The SMILES string of the molecule is CCc1cc(=O)c(C(=O)N(Cc2ccccc2)c2ccccc2C)c(CC)[nH]1. The summed E-state index contributed by atoms with van der Waals surface area (Å²) < 4.78 is 0. The molecule has 0 spiro atoms. The molecular weight excluding hydrogens is 348 g/mol. The lowest BCUT2D eigenvalue weighted by Gasteiger charge is -2.25. The van der Waals surface area contributed by atoms with Crippen LogP contribution in [0, 0.1) is 6.92 Å². The standard InChI is InChI=1S/C24H26N2O2/c1-4-19-15-22(27)23(20(5-2)25-19)24(28)26(16-18-12-7-6-8-13-18)21-14-10-9-11-17(21)3/h6-15H,4-5,16H2,1-3H3,(H,25,27). The van der Waals surface area contributed by atoms with Crippen LogP contribution in [-0.4, -0.2) is 10.9 Å². The van der Waals surface area contributed by atoms with Crippen molar-refractivity contribution in [2.24, 2.45) is 0 Å². The van der Waals surface area contributed by atoms with Crippen LogP contribution in [0.1, 0.15) is 46.7 Å². The molecule has 0 radical (unpaired) electrons. The summed E-state index contributed by atoms with van der Waals surface area (Å²) in [4.78, 5) is 31.4. The molecule has 28 heavy (non-hydrogen) atoms. The maximum atomic E-state index is 13.6. The number of hydrogen-bond donors (Lipinski definition) is 1. The highest BCUT2D eigenvalue weighted by molar-refractivity contribution is 6.07. The van der Waals surface area contributed by atoms with Crippen molar-refractivity contribution in [3.05, 3.63) is 99.0 Å². The number of aryl methyl sites for hydroxylation is 3. The van der Waals surface area contributed by atoms with E-state index in [2.05, 4.69) is 4.98 Å². The molecule has 2 aromatic carbocycles. The molecular formula is C24H26N2O2. The number of carbonyl (C=O) groups excluding carboxylic acids is 1. The second-order valence-electron chi connectivity index (χ2n) is 6.88. The number of nitrogens with one attached hydrogen (secondary N) is 1. The molecule has 0 unspecified atom stereocenters. The molecule has 0 aliphatic rings. The Morgan fingerprint density at radius 3 is 2.29 bits per heavy atom. The molecule has 3 aromatic rings. The third-order valence-corrected chi connectivity index (χ3v) is 4.95. The van der Waals surface area contributed by atoms with Gasteiger partial charge in [-0.3, -0.25) is 9.59 Å². The van der Waals surface area contributed by atoms with Gasteiger partial charge in [-0.05, 0) is 37.0 Å². The van der Waals surface area contributed by atoms with Crippen LogP contribution < -0.4 is 10.3 Å². The monoisotopic (exact) mass is 374 g/mol. The number of benzene rings is 2. The fraction of sp³-hybridized carbons (Fsp3) is 0.250. The lowest BCUT2D eigenvalue weighted by atomic mass is 10.1. The van der Waals surface area contributed by atoms with E-state index in [1.165, 1.54) is 0 Å². The number of aromatic nitrogens is 1. The summed E-state index contributed by atoms with van der Waals surface area (Å²) in [5, 5.41) is 0. The van der Waals surface area contributed by atoms with Gasteiger partial charge in [-0.2, -0.15) is 0 Å². The lowest BCUT2D eigenvalue weighted by molar-refractivity contribution is 0.0982. The second-order valence-corrected chi connectivity index (χ2v) is 6.88. The van der Waals surface area contributed by atoms with Crippen molar-refractivity contribution in [1.29, 1.82) is 0 Å². The average molecular weight is 374 g/mol. The molecule has 1 N–H and O–H groups in total. The summed E-state index contributed by atoms with van der Waals surface area (Å²) in [6.45, 7) is 6.33. The van der Waals surface area contributed by atoms with Crippen LogP contribution in [0.25, 0.3) is 0 Å². The zero-order chi connectivity index (χ0) is 20.1. The Labute approximate surface area is 165 Å². The Balaban J connectivity index is 2.12. The first kappa shape index (κ1) is 19.6.